The van der Waals surface area contributed by atoms with E-state index in [9.17, 15) is 4.79 Å². The highest BCUT2D eigenvalue weighted by molar-refractivity contribution is 5.97. The molecule has 16 heavy (non-hydrogen) atoms. The smallest absolute Gasteiger partial charge is 0.248 e. The van der Waals surface area contributed by atoms with Crippen LogP contribution in [0.5, 0.6) is 0 Å². The Bertz CT molecular complexity index is 410. The van der Waals surface area contributed by atoms with Crippen molar-refractivity contribution in [3.8, 4) is 6.07 Å². The van der Waals surface area contributed by atoms with Crippen LogP contribution in [0.4, 0.5) is 5.82 Å². The van der Waals surface area contributed by atoms with E-state index in [1.807, 2.05) is 13.0 Å². The average Bonchev–Trinajstić information content (AvgIpc) is 2.37. The molecule has 0 bridgehead atoms. The molecule has 0 aliphatic rings. The summed E-state index contributed by atoms with van der Waals surface area (Å²) >= 11 is 0. The summed E-state index contributed by atoms with van der Waals surface area (Å²) in [5.74, 6) is 0.332. The Morgan fingerprint density at radius 1 is 1.62 bits per heavy atom. The van der Waals surface area contributed by atoms with Gasteiger partial charge in [0.25, 0.3) is 0 Å². The summed E-state index contributed by atoms with van der Waals surface area (Å²) in [7, 11) is 1.63. The number of anilines is 1. The first-order chi connectivity index (χ1) is 7.55. The summed E-state index contributed by atoms with van der Waals surface area (Å²) in [6.45, 7) is 3.47. The van der Waals surface area contributed by atoms with Crippen LogP contribution in [0.2, 0.25) is 0 Å². The van der Waals surface area contributed by atoms with Gasteiger partial charge in [0.15, 0.2) is 0 Å². The predicted molar refractivity (Wildman–Crippen MR) is 61.7 cm³/mol. The number of pyridine rings is 1. The minimum absolute atomic E-state index is 0.226. The van der Waals surface area contributed by atoms with Gasteiger partial charge in [0, 0.05) is 13.2 Å². The van der Waals surface area contributed by atoms with Crippen LogP contribution >= 0.6 is 0 Å². The van der Waals surface area contributed by atoms with E-state index in [2.05, 4.69) is 11.1 Å². The molecule has 0 fully saturated rings. The maximum atomic E-state index is 12.1. The summed E-state index contributed by atoms with van der Waals surface area (Å²) in [5.41, 5.74) is -0.980. The maximum absolute atomic E-state index is 12.1. The molecular weight excluding hydrogens is 202 g/mol. The lowest BCUT2D eigenvalue weighted by molar-refractivity contribution is -0.124. The number of rotatable bonds is 3. The second kappa shape index (κ2) is 4.75. The van der Waals surface area contributed by atoms with Crippen LogP contribution in [0.15, 0.2) is 24.4 Å². The molecule has 1 atom stereocenters. The van der Waals surface area contributed by atoms with Crippen molar-refractivity contribution in [1.82, 2.24) is 4.98 Å². The van der Waals surface area contributed by atoms with Crippen molar-refractivity contribution < 1.29 is 4.79 Å². The molecule has 0 spiro atoms. The van der Waals surface area contributed by atoms with Crippen LogP contribution < -0.4 is 4.90 Å². The number of nitrogens with zero attached hydrogens (tertiary/aromatic N) is 3. The SMILES string of the molecule is CCC(C)(C#N)C(=O)N(C)c1ccccn1. The zero-order chi connectivity index (χ0) is 12.2. The molecule has 1 aromatic rings. The summed E-state index contributed by atoms with van der Waals surface area (Å²) < 4.78 is 0. The van der Waals surface area contributed by atoms with E-state index in [0.717, 1.165) is 0 Å². The van der Waals surface area contributed by atoms with Crippen molar-refractivity contribution in [2.75, 3.05) is 11.9 Å². The minimum Gasteiger partial charge on any atom is -0.299 e. The summed E-state index contributed by atoms with van der Waals surface area (Å²) in [6, 6.07) is 7.39. The fourth-order valence-corrected chi connectivity index (χ4v) is 1.30. The van der Waals surface area contributed by atoms with Gasteiger partial charge in [-0.15, -0.1) is 0 Å². The summed E-state index contributed by atoms with van der Waals surface area (Å²) in [5, 5.41) is 9.03. The first-order valence-corrected chi connectivity index (χ1v) is 5.15. The fourth-order valence-electron chi connectivity index (χ4n) is 1.30. The molecule has 0 N–H and O–H groups in total. The van der Waals surface area contributed by atoms with Gasteiger partial charge >= 0.3 is 0 Å². The molecule has 0 aromatic carbocycles. The van der Waals surface area contributed by atoms with Gasteiger partial charge in [0.05, 0.1) is 6.07 Å². The third-order valence-corrected chi connectivity index (χ3v) is 2.72. The molecule has 84 valence electrons. The molecule has 0 aliphatic heterocycles. The maximum Gasteiger partial charge on any atom is 0.248 e. The molecule has 0 saturated carbocycles. The van der Waals surface area contributed by atoms with Crippen molar-refractivity contribution in [2.24, 2.45) is 5.41 Å². The van der Waals surface area contributed by atoms with Gasteiger partial charge in [0.2, 0.25) is 5.91 Å². The van der Waals surface area contributed by atoms with Crippen LogP contribution in [0.25, 0.3) is 0 Å². The van der Waals surface area contributed by atoms with Crippen molar-refractivity contribution >= 4 is 11.7 Å². The molecule has 1 unspecified atom stereocenters. The zero-order valence-corrected chi connectivity index (χ0v) is 9.77. The molecule has 4 heteroatoms. The van der Waals surface area contributed by atoms with Crippen molar-refractivity contribution in [1.29, 1.82) is 5.26 Å². The third-order valence-electron chi connectivity index (χ3n) is 2.72. The number of aromatic nitrogens is 1. The molecule has 1 heterocycles. The van der Waals surface area contributed by atoms with E-state index in [1.54, 1.807) is 32.3 Å². The Kier molecular flexibility index (Phi) is 3.62. The predicted octanol–water partition coefficient (Wildman–Crippen LogP) is 1.98. The molecule has 4 nitrogen and oxygen atoms in total. The lowest BCUT2D eigenvalue weighted by Gasteiger charge is -2.25. The Balaban J connectivity index is 2.96. The van der Waals surface area contributed by atoms with Crippen LogP contribution in [0.3, 0.4) is 0 Å². The second-order valence-electron chi connectivity index (χ2n) is 3.85. The molecule has 0 aliphatic carbocycles. The standard InChI is InChI=1S/C12H15N3O/c1-4-12(2,9-13)11(16)15(3)10-7-5-6-8-14-10/h5-8H,4H2,1-3H3. The van der Waals surface area contributed by atoms with Crippen molar-refractivity contribution in [2.45, 2.75) is 20.3 Å². The molecule has 1 aromatic heterocycles. The van der Waals surface area contributed by atoms with Crippen molar-refractivity contribution in [3.05, 3.63) is 24.4 Å². The summed E-state index contributed by atoms with van der Waals surface area (Å²) in [4.78, 5) is 17.6. The van der Waals surface area contributed by atoms with E-state index >= 15 is 0 Å². The van der Waals surface area contributed by atoms with E-state index in [-0.39, 0.29) is 5.91 Å². The fraction of sp³-hybridized carbons (Fsp3) is 0.417. The first-order valence-electron chi connectivity index (χ1n) is 5.15. The van der Waals surface area contributed by atoms with E-state index in [4.69, 9.17) is 5.26 Å². The highest BCUT2D eigenvalue weighted by Crippen LogP contribution is 2.24. The lowest BCUT2D eigenvalue weighted by Crippen LogP contribution is -2.39. The normalized spacial score (nSPS) is 13.6. The average molecular weight is 217 g/mol. The van der Waals surface area contributed by atoms with E-state index in [0.29, 0.717) is 12.2 Å². The molecule has 1 amide bonds. The number of nitriles is 1. The Labute approximate surface area is 95.5 Å². The molecule has 0 radical (unpaired) electrons. The number of carbonyl (C=O) groups is 1. The van der Waals surface area contributed by atoms with Crippen LogP contribution in [0.1, 0.15) is 20.3 Å². The quantitative estimate of drug-likeness (QED) is 0.777. The molecular formula is C12H15N3O. The topological polar surface area (TPSA) is 57.0 Å². The van der Waals surface area contributed by atoms with Gasteiger partial charge in [-0.25, -0.2) is 4.98 Å². The van der Waals surface area contributed by atoms with Crippen LogP contribution in [-0.2, 0) is 4.79 Å². The lowest BCUT2D eigenvalue weighted by atomic mass is 9.88. The number of amides is 1. The minimum atomic E-state index is -0.980. The monoisotopic (exact) mass is 217 g/mol. The Hall–Kier alpha value is -1.89. The largest absolute Gasteiger partial charge is 0.299 e. The van der Waals surface area contributed by atoms with Crippen LogP contribution in [-0.4, -0.2) is 17.9 Å². The van der Waals surface area contributed by atoms with E-state index < -0.39 is 5.41 Å². The highest BCUT2D eigenvalue weighted by Gasteiger charge is 2.34. The van der Waals surface area contributed by atoms with Gasteiger partial charge in [-0.1, -0.05) is 13.0 Å². The first kappa shape index (κ1) is 12.2. The van der Waals surface area contributed by atoms with Crippen LogP contribution in [0, 0.1) is 16.7 Å². The highest BCUT2D eigenvalue weighted by atomic mass is 16.2. The number of carbonyl (C=O) groups excluding carboxylic acids is 1. The van der Waals surface area contributed by atoms with Gasteiger partial charge in [0.1, 0.15) is 11.2 Å². The van der Waals surface area contributed by atoms with Gasteiger partial charge < -0.3 is 0 Å². The molecule has 0 saturated heterocycles. The number of hydrogen-bond donors (Lipinski definition) is 0. The third kappa shape index (κ3) is 2.19. The second-order valence-corrected chi connectivity index (χ2v) is 3.85. The Morgan fingerprint density at radius 2 is 2.31 bits per heavy atom. The van der Waals surface area contributed by atoms with Gasteiger partial charge in [-0.3, -0.25) is 9.69 Å². The van der Waals surface area contributed by atoms with E-state index in [1.165, 1.54) is 4.90 Å². The van der Waals surface area contributed by atoms with Gasteiger partial charge in [-0.05, 0) is 25.5 Å². The summed E-state index contributed by atoms with van der Waals surface area (Å²) in [6.07, 6.45) is 2.11. The Morgan fingerprint density at radius 3 is 2.75 bits per heavy atom. The zero-order valence-electron chi connectivity index (χ0n) is 9.77. The van der Waals surface area contributed by atoms with Gasteiger partial charge in [-0.2, -0.15) is 5.26 Å². The van der Waals surface area contributed by atoms with Crippen molar-refractivity contribution in [3.63, 3.8) is 0 Å². The molecule has 1 rings (SSSR count). The number of hydrogen-bond acceptors (Lipinski definition) is 3.